The fraction of sp³-hybridized carbons (Fsp3) is 0.917. The molecular weight excluding hydrogens is 190 g/mol. The van der Waals surface area contributed by atoms with Gasteiger partial charge in [0.15, 0.2) is 0 Å². The Kier molecular flexibility index (Phi) is 5.09. The lowest BCUT2D eigenvalue weighted by Crippen LogP contribution is -2.39. The second kappa shape index (κ2) is 6.11. The van der Waals surface area contributed by atoms with Crippen LogP contribution in [0.5, 0.6) is 0 Å². The number of nitrogens with zero attached hydrogens (tertiary/aromatic N) is 1. The van der Waals surface area contributed by atoms with Gasteiger partial charge in [-0.3, -0.25) is 4.79 Å². The molecule has 0 bridgehead atoms. The normalized spacial score (nSPS) is 18.5. The number of hydrogen-bond acceptors (Lipinski definition) is 2. The molecule has 0 saturated carbocycles. The third-order valence-electron chi connectivity index (χ3n) is 3.16. The Labute approximate surface area is 92.5 Å². The van der Waals surface area contributed by atoms with Crippen molar-refractivity contribution in [2.45, 2.75) is 39.5 Å². The fourth-order valence-corrected chi connectivity index (χ4v) is 1.94. The van der Waals surface area contributed by atoms with E-state index in [-0.39, 0.29) is 6.61 Å². The van der Waals surface area contributed by atoms with Gasteiger partial charge in [-0.1, -0.05) is 13.8 Å². The number of aliphatic hydroxyl groups excluding tert-OH is 1. The molecule has 1 aliphatic rings. The van der Waals surface area contributed by atoms with Crippen LogP contribution in [0.2, 0.25) is 0 Å². The molecule has 1 saturated heterocycles. The van der Waals surface area contributed by atoms with Crippen LogP contribution in [0.1, 0.15) is 39.5 Å². The van der Waals surface area contributed by atoms with E-state index in [0.717, 1.165) is 32.4 Å². The Morgan fingerprint density at radius 2 is 2.00 bits per heavy atom. The number of carbonyl (C=O) groups is 1. The van der Waals surface area contributed by atoms with Gasteiger partial charge >= 0.3 is 0 Å². The quantitative estimate of drug-likeness (QED) is 0.771. The largest absolute Gasteiger partial charge is 0.396 e. The lowest BCUT2D eigenvalue weighted by atomic mass is 9.97. The summed E-state index contributed by atoms with van der Waals surface area (Å²) in [5.74, 6) is 1.31. The molecule has 0 aromatic heterocycles. The van der Waals surface area contributed by atoms with Gasteiger partial charge in [0.2, 0.25) is 5.91 Å². The molecule has 0 atom stereocenters. The summed E-state index contributed by atoms with van der Waals surface area (Å²) in [6.45, 7) is 6.23. The van der Waals surface area contributed by atoms with Crippen molar-refractivity contribution in [3.8, 4) is 0 Å². The molecule has 1 rings (SSSR count). The summed E-state index contributed by atoms with van der Waals surface area (Å²) in [4.78, 5) is 13.7. The molecule has 15 heavy (non-hydrogen) atoms. The molecule has 3 nitrogen and oxygen atoms in total. The van der Waals surface area contributed by atoms with Crippen molar-refractivity contribution in [2.24, 2.45) is 11.8 Å². The predicted octanol–water partition coefficient (Wildman–Crippen LogP) is 1.65. The third-order valence-corrected chi connectivity index (χ3v) is 3.16. The van der Waals surface area contributed by atoms with E-state index in [0.29, 0.717) is 24.2 Å². The zero-order chi connectivity index (χ0) is 11.3. The van der Waals surface area contributed by atoms with Crippen LogP contribution in [0.25, 0.3) is 0 Å². The molecule has 0 spiro atoms. The average molecular weight is 213 g/mol. The molecule has 1 heterocycles. The standard InChI is InChI=1S/C12H23NO2/c1-10(2)3-4-12(15)13-7-5-11(9-14)6-8-13/h10-11,14H,3-9H2,1-2H3. The van der Waals surface area contributed by atoms with Crippen molar-refractivity contribution in [2.75, 3.05) is 19.7 Å². The molecule has 0 aromatic rings. The van der Waals surface area contributed by atoms with Crippen LogP contribution in [0, 0.1) is 11.8 Å². The number of rotatable bonds is 4. The van der Waals surface area contributed by atoms with Crippen LogP contribution in [-0.2, 0) is 4.79 Å². The molecule has 88 valence electrons. The topological polar surface area (TPSA) is 40.5 Å². The second-order valence-electron chi connectivity index (χ2n) is 4.94. The summed E-state index contributed by atoms with van der Waals surface area (Å²) in [6, 6.07) is 0. The summed E-state index contributed by atoms with van der Waals surface area (Å²) < 4.78 is 0. The maximum Gasteiger partial charge on any atom is 0.222 e. The molecule has 1 aliphatic heterocycles. The van der Waals surface area contributed by atoms with Gasteiger partial charge in [-0.25, -0.2) is 0 Å². The Morgan fingerprint density at radius 3 is 2.47 bits per heavy atom. The molecule has 0 unspecified atom stereocenters. The van der Waals surface area contributed by atoms with Crippen molar-refractivity contribution in [1.29, 1.82) is 0 Å². The number of carbonyl (C=O) groups excluding carboxylic acids is 1. The SMILES string of the molecule is CC(C)CCC(=O)N1CCC(CO)CC1. The number of amides is 1. The van der Waals surface area contributed by atoms with E-state index in [1.165, 1.54) is 0 Å². The van der Waals surface area contributed by atoms with Crippen LogP contribution >= 0.6 is 0 Å². The van der Waals surface area contributed by atoms with E-state index in [1.807, 2.05) is 4.90 Å². The van der Waals surface area contributed by atoms with Crippen molar-refractivity contribution in [3.63, 3.8) is 0 Å². The van der Waals surface area contributed by atoms with Gasteiger partial charge in [0.1, 0.15) is 0 Å². The van der Waals surface area contributed by atoms with E-state index in [2.05, 4.69) is 13.8 Å². The summed E-state index contributed by atoms with van der Waals surface area (Å²) in [6.07, 6.45) is 3.59. The minimum absolute atomic E-state index is 0.272. The van der Waals surface area contributed by atoms with Gasteiger partial charge < -0.3 is 10.0 Å². The Bertz CT molecular complexity index is 196. The molecule has 0 aliphatic carbocycles. The van der Waals surface area contributed by atoms with Crippen LogP contribution in [0.4, 0.5) is 0 Å². The molecule has 1 N–H and O–H groups in total. The Hall–Kier alpha value is -0.570. The van der Waals surface area contributed by atoms with E-state index in [9.17, 15) is 4.79 Å². The highest BCUT2D eigenvalue weighted by molar-refractivity contribution is 5.76. The van der Waals surface area contributed by atoms with Gasteiger partial charge in [-0.05, 0) is 31.1 Å². The molecule has 0 aromatic carbocycles. The monoisotopic (exact) mass is 213 g/mol. The zero-order valence-electron chi connectivity index (χ0n) is 9.91. The van der Waals surface area contributed by atoms with Gasteiger partial charge in [-0.2, -0.15) is 0 Å². The zero-order valence-corrected chi connectivity index (χ0v) is 9.91. The molecule has 1 amide bonds. The highest BCUT2D eigenvalue weighted by Crippen LogP contribution is 2.17. The molecule has 3 heteroatoms. The highest BCUT2D eigenvalue weighted by atomic mass is 16.3. The van der Waals surface area contributed by atoms with Crippen LogP contribution in [-0.4, -0.2) is 35.6 Å². The van der Waals surface area contributed by atoms with E-state index in [4.69, 9.17) is 5.11 Å². The Morgan fingerprint density at radius 1 is 1.40 bits per heavy atom. The molecule has 1 fully saturated rings. The summed E-state index contributed by atoms with van der Waals surface area (Å²) in [7, 11) is 0. The first-order valence-corrected chi connectivity index (χ1v) is 6.02. The summed E-state index contributed by atoms with van der Waals surface area (Å²) >= 11 is 0. The number of likely N-dealkylation sites (tertiary alicyclic amines) is 1. The minimum Gasteiger partial charge on any atom is -0.396 e. The van der Waals surface area contributed by atoms with E-state index >= 15 is 0 Å². The predicted molar refractivity (Wildman–Crippen MR) is 60.5 cm³/mol. The molecule has 0 radical (unpaired) electrons. The van der Waals surface area contributed by atoms with Gasteiger partial charge in [0, 0.05) is 26.1 Å². The fourth-order valence-electron chi connectivity index (χ4n) is 1.94. The second-order valence-corrected chi connectivity index (χ2v) is 4.94. The van der Waals surface area contributed by atoms with Crippen molar-refractivity contribution in [3.05, 3.63) is 0 Å². The number of aliphatic hydroxyl groups is 1. The average Bonchev–Trinajstić information content (AvgIpc) is 2.26. The van der Waals surface area contributed by atoms with Gasteiger partial charge in [0.05, 0.1) is 0 Å². The smallest absolute Gasteiger partial charge is 0.222 e. The van der Waals surface area contributed by atoms with E-state index in [1.54, 1.807) is 0 Å². The lowest BCUT2D eigenvalue weighted by Gasteiger charge is -2.31. The highest BCUT2D eigenvalue weighted by Gasteiger charge is 2.21. The van der Waals surface area contributed by atoms with Crippen molar-refractivity contribution >= 4 is 5.91 Å². The van der Waals surface area contributed by atoms with Gasteiger partial charge in [0.25, 0.3) is 0 Å². The first kappa shape index (κ1) is 12.5. The maximum absolute atomic E-state index is 11.8. The number of hydrogen-bond donors (Lipinski definition) is 1. The van der Waals surface area contributed by atoms with Crippen LogP contribution < -0.4 is 0 Å². The summed E-state index contributed by atoms with van der Waals surface area (Å²) in [5, 5.41) is 8.99. The first-order valence-electron chi connectivity index (χ1n) is 6.02. The first-order chi connectivity index (χ1) is 7.13. The van der Waals surface area contributed by atoms with Gasteiger partial charge in [-0.15, -0.1) is 0 Å². The van der Waals surface area contributed by atoms with Crippen LogP contribution in [0.3, 0.4) is 0 Å². The lowest BCUT2D eigenvalue weighted by molar-refractivity contribution is -0.133. The Balaban J connectivity index is 2.24. The minimum atomic E-state index is 0.272. The van der Waals surface area contributed by atoms with Crippen molar-refractivity contribution in [1.82, 2.24) is 4.90 Å². The van der Waals surface area contributed by atoms with E-state index < -0.39 is 0 Å². The maximum atomic E-state index is 11.8. The molecular formula is C12H23NO2. The van der Waals surface area contributed by atoms with Crippen molar-refractivity contribution < 1.29 is 9.90 Å². The third kappa shape index (κ3) is 4.20. The number of piperidine rings is 1. The van der Waals surface area contributed by atoms with Crippen LogP contribution in [0.15, 0.2) is 0 Å². The summed E-state index contributed by atoms with van der Waals surface area (Å²) in [5.41, 5.74) is 0.